The van der Waals surface area contributed by atoms with Crippen molar-refractivity contribution < 1.29 is 57.5 Å². The van der Waals surface area contributed by atoms with Gasteiger partial charge in [0, 0.05) is 85.3 Å². The Morgan fingerprint density at radius 3 is 1.68 bits per heavy atom. The Morgan fingerprint density at radius 2 is 1.07 bits per heavy atom. The lowest BCUT2D eigenvalue weighted by Gasteiger charge is -2.38. The summed E-state index contributed by atoms with van der Waals surface area (Å²) in [6.07, 6.45) is 2.23. The first-order valence-corrected chi connectivity index (χ1v) is 34.4. The van der Waals surface area contributed by atoms with Crippen LogP contribution in [0, 0.1) is 28.2 Å². The molecule has 0 bridgehead atoms. The van der Waals surface area contributed by atoms with Gasteiger partial charge in [-0.15, -0.1) is 0 Å². The molecule has 0 saturated carbocycles. The Morgan fingerprint density at radius 1 is 0.510 bits per heavy atom. The quantitative estimate of drug-likeness (QED) is 0.178. The molecule has 0 unspecified atom stereocenters. The molecule has 2 saturated heterocycles. The fourth-order valence-electron chi connectivity index (χ4n) is 11.9. The minimum absolute atomic E-state index is 0.00570. The van der Waals surface area contributed by atoms with E-state index in [1.807, 2.05) is 77.9 Å². The summed E-state index contributed by atoms with van der Waals surface area (Å²) in [5, 5.41) is 11.4. The number of likely N-dealkylation sites (tertiary alicyclic amines) is 1. The predicted molar refractivity (Wildman–Crippen MR) is 374 cm³/mol. The van der Waals surface area contributed by atoms with Crippen LogP contribution in [-0.2, 0) is 76.8 Å². The minimum atomic E-state index is -1.41. The van der Waals surface area contributed by atoms with Crippen molar-refractivity contribution in [3.63, 3.8) is 0 Å². The standard InChI is InChI=1S/C71H103IN12O12/c1-16-47(7)63-71(96)79(11)42-61(87)77(9)43-62(88)81(13)57(39-50-30-28-46(6)29-31-50)69(94)78(10)41-59(85)74-53(37-51-26-23-27-52(72)36-51)64(89)73-48(8)67(92)82(14)56(38-49-24-19-17-20-25-49)65(90)75-54(34-44(2)3)68(93)83(15)58(70(95)84-32-21-18-22-33-84)40-60(86)80(12)55(35-45(4)5)66(91)76-63/h17,19-20,23-31,36,44-45,47-48,53-58,63H,16,18,21-22,32-35,37-43H2,1-15H3,(H,73,89)(H,74,85)(H,75,90)(H,76,91)/t47-,48-,53-,54-,55-,56-,57-,58+,63-/m0/s1. The molecule has 0 spiro atoms. The van der Waals surface area contributed by atoms with Gasteiger partial charge in [-0.25, -0.2) is 0 Å². The monoisotopic (exact) mass is 1440 g/mol. The second kappa shape index (κ2) is 37.0. The van der Waals surface area contributed by atoms with Crippen molar-refractivity contribution in [1.29, 1.82) is 0 Å². The average molecular weight is 1440 g/mol. The molecule has 2 heterocycles. The number of halogens is 1. The number of nitrogens with zero attached hydrogens (tertiary/aromatic N) is 8. The Kier molecular flexibility index (Phi) is 30.3. The molecule has 3 aromatic rings. The molecule has 9 atom stereocenters. The third kappa shape index (κ3) is 22.6. The summed E-state index contributed by atoms with van der Waals surface area (Å²) in [5.74, 6) is -8.88. The van der Waals surface area contributed by atoms with E-state index in [-0.39, 0.29) is 43.9 Å². The fourth-order valence-corrected chi connectivity index (χ4v) is 12.5. The lowest BCUT2D eigenvalue weighted by molar-refractivity contribution is -0.151. The van der Waals surface area contributed by atoms with Gasteiger partial charge in [-0.3, -0.25) is 57.5 Å². The highest BCUT2D eigenvalue weighted by Gasteiger charge is 2.42. The number of aryl methyl sites for hydroxylation is 1. The molecule has 3 aromatic carbocycles. The molecule has 25 heteroatoms. The van der Waals surface area contributed by atoms with Gasteiger partial charge in [-0.1, -0.05) is 120 Å². The van der Waals surface area contributed by atoms with Gasteiger partial charge in [0.05, 0.1) is 26.1 Å². The van der Waals surface area contributed by atoms with Crippen molar-refractivity contribution in [1.82, 2.24) is 60.5 Å². The van der Waals surface area contributed by atoms with E-state index in [4.69, 9.17) is 0 Å². The van der Waals surface area contributed by atoms with Gasteiger partial charge in [0.2, 0.25) is 70.9 Å². The topological polar surface area (TPSA) is 279 Å². The van der Waals surface area contributed by atoms with Crippen molar-refractivity contribution >= 4 is 93.5 Å². The van der Waals surface area contributed by atoms with E-state index >= 15 is 9.59 Å². The maximum atomic E-state index is 15.3. The van der Waals surface area contributed by atoms with Crippen LogP contribution in [0.2, 0.25) is 0 Å². The van der Waals surface area contributed by atoms with Crippen molar-refractivity contribution in [3.8, 4) is 0 Å². The largest absolute Gasteiger partial charge is 0.343 e. The molecule has 2 fully saturated rings. The first kappa shape index (κ1) is 78.7. The van der Waals surface area contributed by atoms with Crippen LogP contribution < -0.4 is 21.3 Å². The smallest absolute Gasteiger partial charge is 0.245 e. The fraction of sp³-hybridized carbons (Fsp3) is 0.577. The maximum absolute atomic E-state index is 15.3. The molecular weight excluding hydrogens is 1340 g/mol. The van der Waals surface area contributed by atoms with Gasteiger partial charge in [0.15, 0.2) is 0 Å². The number of amides is 12. The first-order chi connectivity index (χ1) is 45.2. The molecule has 526 valence electrons. The zero-order valence-electron chi connectivity index (χ0n) is 58.8. The predicted octanol–water partition coefficient (Wildman–Crippen LogP) is 3.82. The van der Waals surface area contributed by atoms with Crippen molar-refractivity contribution in [3.05, 3.63) is 105 Å². The zero-order valence-corrected chi connectivity index (χ0v) is 61.0. The van der Waals surface area contributed by atoms with Crippen LogP contribution in [0.15, 0.2) is 78.9 Å². The summed E-state index contributed by atoms with van der Waals surface area (Å²) in [4.78, 5) is 186. The summed E-state index contributed by atoms with van der Waals surface area (Å²) in [6, 6.07) is 13.3. The molecule has 2 aliphatic rings. The average Bonchev–Trinajstić information content (AvgIpc) is 0.845. The maximum Gasteiger partial charge on any atom is 0.245 e. The van der Waals surface area contributed by atoms with Gasteiger partial charge in [0.1, 0.15) is 48.3 Å². The molecule has 5 rings (SSSR count). The number of hydrogen-bond acceptors (Lipinski definition) is 12. The summed E-state index contributed by atoms with van der Waals surface area (Å²) in [5.41, 5.74) is 2.96. The Labute approximate surface area is 580 Å². The molecule has 12 amide bonds. The molecule has 0 aliphatic carbocycles. The SMILES string of the molecule is CC[C@H](C)[C@@H]1NC(=O)[C@H](CC(C)C)N(C)C(=O)C[C@H](C(=O)N2CCCCC2)N(C)C(=O)[C@H](CC(C)C)NC(=O)[C@H](Cc2ccccc2)N(C)C(=O)[C@H](C)NC(=O)[C@H](Cc2cccc(I)c2)NC(=O)CN(C)C(=O)[C@H](Cc2ccc(C)cc2)N(C)C(=O)CN(C)C(=O)CN(C)C1=O. The highest BCUT2D eigenvalue weighted by atomic mass is 127. The normalized spacial score (nSPS) is 23.9. The van der Waals surface area contributed by atoms with E-state index in [2.05, 4.69) is 43.9 Å². The van der Waals surface area contributed by atoms with Gasteiger partial charge in [-0.2, -0.15) is 0 Å². The second-order valence-electron chi connectivity index (χ2n) is 27.0. The number of piperidine rings is 1. The van der Waals surface area contributed by atoms with Crippen LogP contribution in [-0.4, -0.2) is 240 Å². The minimum Gasteiger partial charge on any atom is -0.343 e. The third-order valence-electron chi connectivity index (χ3n) is 18.2. The molecule has 4 N–H and O–H groups in total. The Hall–Kier alpha value is -7.97. The molecule has 24 nitrogen and oxygen atoms in total. The molecular formula is C71H103IN12O12. The van der Waals surface area contributed by atoms with E-state index in [0.29, 0.717) is 49.0 Å². The number of likely N-dealkylation sites (N-methyl/N-ethyl adjacent to an activating group) is 7. The number of carbonyl (C=O) groups excluding carboxylic acids is 12. The van der Waals surface area contributed by atoms with Crippen LogP contribution in [0.1, 0.15) is 116 Å². The Bertz CT molecular complexity index is 3220. The first-order valence-electron chi connectivity index (χ1n) is 33.3. The van der Waals surface area contributed by atoms with Crippen molar-refractivity contribution in [2.45, 2.75) is 168 Å². The van der Waals surface area contributed by atoms with Crippen LogP contribution >= 0.6 is 22.6 Å². The number of rotatable bonds is 13. The van der Waals surface area contributed by atoms with Gasteiger partial charge in [-0.05, 0) is 115 Å². The Balaban J connectivity index is 1.62. The lowest BCUT2D eigenvalue weighted by Crippen LogP contribution is -2.61. The summed E-state index contributed by atoms with van der Waals surface area (Å²) >= 11 is 2.13. The van der Waals surface area contributed by atoms with E-state index in [9.17, 15) is 47.9 Å². The summed E-state index contributed by atoms with van der Waals surface area (Å²) in [6.45, 7) is 13.5. The number of hydrogen-bond donors (Lipinski definition) is 4. The highest BCUT2D eigenvalue weighted by molar-refractivity contribution is 14.1. The van der Waals surface area contributed by atoms with Crippen LogP contribution in [0.5, 0.6) is 0 Å². The highest BCUT2D eigenvalue weighted by Crippen LogP contribution is 2.23. The molecule has 0 aromatic heterocycles. The van der Waals surface area contributed by atoms with Crippen LogP contribution in [0.25, 0.3) is 0 Å². The summed E-state index contributed by atoms with van der Waals surface area (Å²) < 4.78 is 0.843. The van der Waals surface area contributed by atoms with Gasteiger partial charge >= 0.3 is 0 Å². The van der Waals surface area contributed by atoms with Crippen LogP contribution in [0.3, 0.4) is 0 Å². The zero-order chi connectivity index (χ0) is 71.4. The van der Waals surface area contributed by atoms with E-state index in [0.717, 1.165) is 30.3 Å². The van der Waals surface area contributed by atoms with Crippen LogP contribution in [0.4, 0.5) is 0 Å². The number of carbonyl (C=O) groups is 12. The number of benzene rings is 3. The van der Waals surface area contributed by atoms with Gasteiger partial charge < -0.3 is 60.5 Å². The molecule has 96 heavy (non-hydrogen) atoms. The molecule has 0 radical (unpaired) electrons. The number of nitrogens with one attached hydrogen (secondary N) is 4. The third-order valence-corrected chi connectivity index (χ3v) is 18.9. The lowest BCUT2D eigenvalue weighted by atomic mass is 9.95. The van der Waals surface area contributed by atoms with Gasteiger partial charge in [0.25, 0.3) is 0 Å². The molecule has 2 aliphatic heterocycles. The second-order valence-corrected chi connectivity index (χ2v) is 28.2. The van der Waals surface area contributed by atoms with Crippen molar-refractivity contribution in [2.75, 3.05) is 82.1 Å². The van der Waals surface area contributed by atoms with E-state index < -0.39 is 151 Å². The van der Waals surface area contributed by atoms with E-state index in [1.165, 1.54) is 75.9 Å². The summed E-state index contributed by atoms with van der Waals surface area (Å²) in [7, 11) is 9.84. The van der Waals surface area contributed by atoms with Crippen molar-refractivity contribution in [2.24, 2.45) is 17.8 Å². The van der Waals surface area contributed by atoms with E-state index in [1.54, 1.807) is 54.3 Å².